The van der Waals surface area contributed by atoms with E-state index in [0.717, 1.165) is 5.56 Å². The van der Waals surface area contributed by atoms with Gasteiger partial charge in [0.2, 0.25) is 11.8 Å². The Hall–Kier alpha value is -1.68. The summed E-state index contributed by atoms with van der Waals surface area (Å²) in [6.45, 7) is 2.00. The van der Waals surface area contributed by atoms with Crippen molar-refractivity contribution in [3.05, 3.63) is 29.8 Å². The minimum atomic E-state index is -0.106. The second kappa shape index (κ2) is 4.67. The molecule has 1 saturated heterocycles. The zero-order chi connectivity index (χ0) is 12.4. The Bertz CT molecular complexity index is 440. The second-order valence-electron chi connectivity index (χ2n) is 4.19. The molecule has 4 heteroatoms. The Balaban J connectivity index is 2.44. The van der Waals surface area contributed by atoms with Crippen molar-refractivity contribution in [2.75, 3.05) is 11.9 Å². The fourth-order valence-corrected chi connectivity index (χ4v) is 2.06. The number of hydrogen-bond acceptors (Lipinski definition) is 3. The van der Waals surface area contributed by atoms with Crippen LogP contribution in [0.25, 0.3) is 0 Å². The zero-order valence-electron chi connectivity index (χ0n) is 10.1. The number of imide groups is 1. The molecule has 1 fully saturated rings. The number of nitrogens with one attached hydrogen (secondary N) is 1. The summed E-state index contributed by atoms with van der Waals surface area (Å²) in [5, 5.41) is 3.13. The van der Waals surface area contributed by atoms with Crippen LogP contribution in [0.5, 0.6) is 0 Å². The molecule has 0 aromatic heterocycles. The summed E-state index contributed by atoms with van der Waals surface area (Å²) in [5.41, 5.74) is 1.68. The fourth-order valence-electron chi connectivity index (χ4n) is 2.06. The molecule has 1 N–H and O–H groups in total. The number of amides is 2. The van der Waals surface area contributed by atoms with Crippen LogP contribution in [0.4, 0.5) is 5.69 Å². The lowest BCUT2D eigenvalue weighted by atomic mass is 10.1. The van der Waals surface area contributed by atoms with Crippen LogP contribution in [0.15, 0.2) is 24.3 Å². The summed E-state index contributed by atoms with van der Waals surface area (Å²) < 4.78 is 0. The van der Waals surface area contributed by atoms with E-state index in [9.17, 15) is 9.59 Å². The van der Waals surface area contributed by atoms with Crippen LogP contribution < -0.4 is 10.2 Å². The average molecular weight is 232 g/mol. The first-order valence-electron chi connectivity index (χ1n) is 5.77. The molecule has 0 saturated carbocycles. The highest BCUT2D eigenvalue weighted by atomic mass is 16.2. The third kappa shape index (κ3) is 2.08. The van der Waals surface area contributed by atoms with Gasteiger partial charge in [-0.25, -0.2) is 0 Å². The van der Waals surface area contributed by atoms with E-state index in [1.165, 1.54) is 4.90 Å². The largest absolute Gasteiger partial charge is 0.313 e. The van der Waals surface area contributed by atoms with Crippen LogP contribution in [-0.2, 0) is 9.59 Å². The summed E-state index contributed by atoms with van der Waals surface area (Å²) in [7, 11) is 1.86. The van der Waals surface area contributed by atoms with Gasteiger partial charge < -0.3 is 5.32 Å². The van der Waals surface area contributed by atoms with Crippen molar-refractivity contribution in [1.82, 2.24) is 5.32 Å². The van der Waals surface area contributed by atoms with Gasteiger partial charge in [0.05, 0.1) is 5.69 Å². The van der Waals surface area contributed by atoms with Crippen molar-refractivity contribution in [1.29, 1.82) is 0 Å². The molecule has 1 aliphatic rings. The molecule has 0 aliphatic carbocycles. The van der Waals surface area contributed by atoms with Crippen molar-refractivity contribution in [2.24, 2.45) is 0 Å². The van der Waals surface area contributed by atoms with Gasteiger partial charge in [0.25, 0.3) is 0 Å². The zero-order valence-corrected chi connectivity index (χ0v) is 10.1. The summed E-state index contributed by atoms with van der Waals surface area (Å²) >= 11 is 0. The number of carbonyl (C=O) groups excluding carboxylic acids is 2. The molecule has 2 rings (SSSR count). The van der Waals surface area contributed by atoms with Crippen LogP contribution in [0, 0.1) is 0 Å². The van der Waals surface area contributed by atoms with Crippen LogP contribution >= 0.6 is 0 Å². The first-order valence-corrected chi connectivity index (χ1v) is 5.77. The first kappa shape index (κ1) is 11.8. The van der Waals surface area contributed by atoms with E-state index >= 15 is 0 Å². The number of benzene rings is 1. The second-order valence-corrected chi connectivity index (χ2v) is 4.19. The Labute approximate surface area is 101 Å². The maximum absolute atomic E-state index is 11.7. The molecule has 2 amide bonds. The molecule has 1 aromatic carbocycles. The highest BCUT2D eigenvalue weighted by molar-refractivity contribution is 6.20. The first-order chi connectivity index (χ1) is 8.15. The number of hydrogen-bond donors (Lipinski definition) is 1. The molecule has 0 bridgehead atoms. The van der Waals surface area contributed by atoms with Crippen molar-refractivity contribution < 1.29 is 9.59 Å². The average Bonchev–Trinajstić information content (AvgIpc) is 2.68. The van der Waals surface area contributed by atoms with E-state index in [-0.39, 0.29) is 17.9 Å². The molecule has 90 valence electrons. The molecule has 1 atom stereocenters. The maximum atomic E-state index is 11.7. The van der Waals surface area contributed by atoms with Gasteiger partial charge in [-0.2, -0.15) is 0 Å². The fraction of sp³-hybridized carbons (Fsp3) is 0.385. The van der Waals surface area contributed by atoms with Gasteiger partial charge in [0.15, 0.2) is 0 Å². The lowest BCUT2D eigenvalue weighted by Crippen LogP contribution is -2.30. The monoisotopic (exact) mass is 232 g/mol. The minimum absolute atomic E-state index is 0.104. The summed E-state index contributed by atoms with van der Waals surface area (Å²) in [6.07, 6.45) is 0.641. The van der Waals surface area contributed by atoms with Crippen molar-refractivity contribution in [3.63, 3.8) is 0 Å². The van der Waals surface area contributed by atoms with E-state index in [1.807, 2.05) is 38.2 Å². The van der Waals surface area contributed by atoms with E-state index in [0.29, 0.717) is 18.5 Å². The van der Waals surface area contributed by atoms with Crippen LogP contribution in [0.1, 0.15) is 31.4 Å². The summed E-state index contributed by atoms with van der Waals surface area (Å²) in [6, 6.07) is 7.63. The quantitative estimate of drug-likeness (QED) is 0.806. The normalized spacial score (nSPS) is 17.6. The lowest BCUT2D eigenvalue weighted by molar-refractivity contribution is -0.121. The summed E-state index contributed by atoms with van der Waals surface area (Å²) in [5.74, 6) is -0.212. The highest BCUT2D eigenvalue weighted by Gasteiger charge is 2.32. The standard InChI is InChI=1S/C13H16N2O2/c1-9(14-2)10-5-3-4-6-11(10)15-12(16)7-8-13(15)17/h3-6,9,14H,7-8H2,1-2H3. The smallest absolute Gasteiger partial charge is 0.234 e. The SMILES string of the molecule is CNC(C)c1ccccc1N1C(=O)CCC1=O. The number of para-hydroxylation sites is 1. The third-order valence-corrected chi connectivity index (χ3v) is 3.13. The predicted octanol–water partition coefficient (Wildman–Crippen LogP) is 1.62. The van der Waals surface area contributed by atoms with Crippen LogP contribution in [-0.4, -0.2) is 18.9 Å². The molecule has 1 aliphatic heterocycles. The summed E-state index contributed by atoms with van der Waals surface area (Å²) in [4.78, 5) is 24.8. The molecular weight excluding hydrogens is 216 g/mol. The molecule has 1 unspecified atom stereocenters. The van der Waals surface area contributed by atoms with Gasteiger partial charge in [-0.3, -0.25) is 14.5 Å². The molecular formula is C13H16N2O2. The van der Waals surface area contributed by atoms with Crippen LogP contribution in [0.2, 0.25) is 0 Å². The predicted molar refractivity (Wildman–Crippen MR) is 65.6 cm³/mol. The van der Waals surface area contributed by atoms with E-state index in [2.05, 4.69) is 5.32 Å². The van der Waals surface area contributed by atoms with E-state index < -0.39 is 0 Å². The van der Waals surface area contributed by atoms with E-state index in [4.69, 9.17) is 0 Å². The third-order valence-electron chi connectivity index (χ3n) is 3.13. The Morgan fingerprint density at radius 1 is 1.18 bits per heavy atom. The van der Waals surface area contributed by atoms with E-state index in [1.54, 1.807) is 0 Å². The Kier molecular flexibility index (Phi) is 3.24. The van der Waals surface area contributed by atoms with Gasteiger partial charge in [0, 0.05) is 18.9 Å². The van der Waals surface area contributed by atoms with Gasteiger partial charge in [-0.15, -0.1) is 0 Å². The minimum Gasteiger partial charge on any atom is -0.313 e. The van der Waals surface area contributed by atoms with Crippen molar-refractivity contribution in [2.45, 2.75) is 25.8 Å². The van der Waals surface area contributed by atoms with Gasteiger partial charge >= 0.3 is 0 Å². The van der Waals surface area contributed by atoms with Gasteiger partial charge in [-0.05, 0) is 25.6 Å². The molecule has 4 nitrogen and oxygen atoms in total. The number of anilines is 1. The Morgan fingerprint density at radius 2 is 1.76 bits per heavy atom. The molecule has 1 aromatic rings. The number of rotatable bonds is 3. The molecule has 1 heterocycles. The molecule has 0 spiro atoms. The molecule has 17 heavy (non-hydrogen) atoms. The number of nitrogens with zero attached hydrogens (tertiary/aromatic N) is 1. The van der Waals surface area contributed by atoms with Crippen molar-refractivity contribution in [3.8, 4) is 0 Å². The topological polar surface area (TPSA) is 49.4 Å². The Morgan fingerprint density at radius 3 is 2.35 bits per heavy atom. The van der Waals surface area contributed by atoms with Crippen molar-refractivity contribution >= 4 is 17.5 Å². The number of carbonyl (C=O) groups is 2. The molecule has 0 radical (unpaired) electrons. The van der Waals surface area contributed by atoms with Crippen LogP contribution in [0.3, 0.4) is 0 Å². The maximum Gasteiger partial charge on any atom is 0.234 e. The van der Waals surface area contributed by atoms with Gasteiger partial charge in [0.1, 0.15) is 0 Å². The highest BCUT2D eigenvalue weighted by Crippen LogP contribution is 2.29. The lowest BCUT2D eigenvalue weighted by Gasteiger charge is -2.21. The van der Waals surface area contributed by atoms with Gasteiger partial charge in [-0.1, -0.05) is 18.2 Å².